The molecule has 5 nitrogen and oxygen atoms in total. The smallest absolute Gasteiger partial charge is 0.222 e. The first-order valence-electron chi connectivity index (χ1n) is 11.9. The molecule has 0 radical (unpaired) electrons. The Balaban J connectivity index is 0.00000450. The Morgan fingerprint density at radius 2 is 1.48 bits per heavy atom. The average Bonchev–Trinajstić information content (AvgIpc) is 2.70. The van der Waals surface area contributed by atoms with Crippen molar-refractivity contribution in [3.8, 4) is 0 Å². The summed E-state index contributed by atoms with van der Waals surface area (Å²) in [6.45, 7) is 10.3. The first-order chi connectivity index (χ1) is 13.8. The third-order valence-electron chi connectivity index (χ3n) is 6.52. The molecular formula is C24H45NO4. The van der Waals surface area contributed by atoms with Crippen molar-refractivity contribution in [1.82, 2.24) is 5.32 Å². The quantitative estimate of drug-likeness (QED) is 0.497. The number of carbonyl (C=O) groups excluding carboxylic acids is 2. The van der Waals surface area contributed by atoms with E-state index in [4.69, 9.17) is 9.47 Å². The maximum Gasteiger partial charge on any atom is 0.222 e. The molecule has 0 heterocycles. The molecule has 0 aromatic carbocycles. The maximum absolute atomic E-state index is 12.2. The van der Waals surface area contributed by atoms with E-state index in [2.05, 4.69) is 19.2 Å². The van der Waals surface area contributed by atoms with E-state index in [1.807, 2.05) is 13.8 Å². The van der Waals surface area contributed by atoms with E-state index in [-0.39, 0.29) is 25.2 Å². The summed E-state index contributed by atoms with van der Waals surface area (Å²) < 4.78 is 11.5. The van der Waals surface area contributed by atoms with Gasteiger partial charge in [-0.1, -0.05) is 13.8 Å². The third-order valence-corrected chi connectivity index (χ3v) is 6.52. The fourth-order valence-electron chi connectivity index (χ4n) is 4.60. The van der Waals surface area contributed by atoms with Gasteiger partial charge in [0.15, 0.2) is 0 Å². The van der Waals surface area contributed by atoms with Gasteiger partial charge in [-0.15, -0.1) is 0 Å². The lowest BCUT2D eigenvalue weighted by molar-refractivity contribution is -0.127. The first-order valence-corrected chi connectivity index (χ1v) is 11.9. The summed E-state index contributed by atoms with van der Waals surface area (Å²) in [6.07, 6.45) is 9.26. The van der Waals surface area contributed by atoms with Gasteiger partial charge in [0.25, 0.3) is 0 Å². The Labute approximate surface area is 179 Å². The van der Waals surface area contributed by atoms with Gasteiger partial charge in [-0.05, 0) is 77.0 Å². The van der Waals surface area contributed by atoms with Crippen LogP contribution in [-0.4, -0.2) is 43.7 Å². The van der Waals surface area contributed by atoms with E-state index in [1.54, 1.807) is 0 Å². The third kappa shape index (κ3) is 9.17. The Bertz CT molecular complexity index is 495. The fourth-order valence-corrected chi connectivity index (χ4v) is 4.60. The molecule has 0 spiro atoms. The summed E-state index contributed by atoms with van der Waals surface area (Å²) in [5.74, 6) is 2.10. The van der Waals surface area contributed by atoms with Crippen molar-refractivity contribution in [3.63, 3.8) is 0 Å². The zero-order valence-electron chi connectivity index (χ0n) is 19.1. The summed E-state index contributed by atoms with van der Waals surface area (Å²) >= 11 is 0. The lowest BCUT2D eigenvalue weighted by Crippen LogP contribution is -2.39. The molecule has 1 amide bonds. The molecule has 0 bridgehead atoms. The number of carbonyl (C=O) groups is 2. The van der Waals surface area contributed by atoms with Crippen LogP contribution in [0.5, 0.6) is 0 Å². The molecule has 2 aliphatic carbocycles. The van der Waals surface area contributed by atoms with Gasteiger partial charge in [-0.3, -0.25) is 9.59 Å². The van der Waals surface area contributed by atoms with Crippen molar-refractivity contribution in [3.05, 3.63) is 0 Å². The summed E-state index contributed by atoms with van der Waals surface area (Å²) in [7, 11) is 0. The number of hydrogen-bond donors (Lipinski definition) is 1. The largest absolute Gasteiger partial charge is 0.381 e. The van der Waals surface area contributed by atoms with E-state index in [1.165, 1.54) is 25.7 Å². The van der Waals surface area contributed by atoms with Gasteiger partial charge in [0.05, 0.1) is 12.7 Å². The summed E-state index contributed by atoms with van der Waals surface area (Å²) in [6, 6.07) is 0.224. The van der Waals surface area contributed by atoms with Crippen molar-refractivity contribution in [2.75, 3.05) is 19.8 Å². The van der Waals surface area contributed by atoms with Crippen molar-refractivity contribution < 1.29 is 20.5 Å². The predicted molar refractivity (Wildman–Crippen MR) is 118 cm³/mol. The number of amides is 1. The molecule has 170 valence electrons. The lowest BCUT2D eigenvalue weighted by atomic mass is 9.80. The molecule has 0 aromatic rings. The van der Waals surface area contributed by atoms with E-state index < -0.39 is 0 Å². The number of nitrogens with one attached hydrogen (secondary N) is 1. The van der Waals surface area contributed by atoms with Gasteiger partial charge in [-0.2, -0.15) is 0 Å². The molecule has 0 atom stereocenters. The number of hydrogen-bond acceptors (Lipinski definition) is 4. The topological polar surface area (TPSA) is 64.6 Å². The zero-order valence-corrected chi connectivity index (χ0v) is 19.1. The maximum atomic E-state index is 12.2. The van der Waals surface area contributed by atoms with Crippen LogP contribution in [0.15, 0.2) is 0 Å². The molecule has 2 saturated carbocycles. The zero-order chi connectivity index (χ0) is 21.2. The minimum atomic E-state index is 0. The van der Waals surface area contributed by atoms with Crippen LogP contribution in [0.25, 0.3) is 0 Å². The van der Waals surface area contributed by atoms with E-state index in [0.29, 0.717) is 36.8 Å². The molecule has 2 fully saturated rings. The highest BCUT2D eigenvalue weighted by atomic mass is 16.5. The fraction of sp³-hybridized carbons (Fsp3) is 0.917. The number of ketones is 1. The number of rotatable bonds is 11. The van der Waals surface area contributed by atoms with Gasteiger partial charge in [0.2, 0.25) is 5.91 Å². The van der Waals surface area contributed by atoms with Gasteiger partial charge in [-0.25, -0.2) is 0 Å². The number of Topliss-reactive ketones (excluding diaryl/α,β-unsaturated/α-hetero) is 1. The van der Waals surface area contributed by atoms with Crippen LogP contribution in [0, 0.1) is 23.7 Å². The average molecular weight is 412 g/mol. The Morgan fingerprint density at radius 3 is 2.03 bits per heavy atom. The Kier molecular flexibility index (Phi) is 10.6. The van der Waals surface area contributed by atoms with Crippen LogP contribution >= 0.6 is 0 Å². The molecule has 0 aliphatic heterocycles. The normalized spacial score (nSPS) is 27.9. The lowest BCUT2D eigenvalue weighted by Gasteiger charge is -2.29. The highest BCUT2D eigenvalue weighted by Gasteiger charge is 2.28. The highest BCUT2D eigenvalue weighted by Crippen LogP contribution is 2.29. The molecule has 0 aromatic heterocycles. The van der Waals surface area contributed by atoms with Crippen LogP contribution in [-0.2, 0) is 19.1 Å². The number of ether oxygens (including phenoxy) is 2. The van der Waals surface area contributed by atoms with Crippen LogP contribution in [0.4, 0.5) is 0 Å². The van der Waals surface area contributed by atoms with Gasteiger partial charge >= 0.3 is 0 Å². The molecule has 0 unspecified atom stereocenters. The summed E-state index contributed by atoms with van der Waals surface area (Å²) in [5, 5.41) is 3.13. The Hall–Kier alpha value is -0.940. The second-order valence-corrected chi connectivity index (χ2v) is 9.77. The second-order valence-electron chi connectivity index (χ2n) is 9.77. The molecule has 29 heavy (non-hydrogen) atoms. The monoisotopic (exact) mass is 411 g/mol. The molecule has 2 rings (SSSR count). The highest BCUT2D eigenvalue weighted by molar-refractivity contribution is 5.83. The summed E-state index contributed by atoms with van der Waals surface area (Å²) in [4.78, 5) is 24.3. The van der Waals surface area contributed by atoms with E-state index in [9.17, 15) is 9.59 Å². The second kappa shape index (κ2) is 12.7. The van der Waals surface area contributed by atoms with Crippen LogP contribution < -0.4 is 5.32 Å². The van der Waals surface area contributed by atoms with Gasteiger partial charge in [0.1, 0.15) is 5.78 Å². The van der Waals surface area contributed by atoms with Crippen molar-refractivity contribution >= 4 is 11.7 Å². The van der Waals surface area contributed by atoms with Crippen molar-refractivity contribution in [2.24, 2.45) is 23.7 Å². The standard InChI is InChI=1S/C24H43NO4.H2/c1-17(2)24(27)21-9-11-22(12-10-21)25-23(26)13-14-28-15-19-5-7-20(8-6-19)16-29-18(3)4;/h17-22H,5-16H2,1-4H3,(H,25,26);1H. The molecule has 1 N–H and O–H groups in total. The van der Waals surface area contributed by atoms with Gasteiger partial charge < -0.3 is 14.8 Å². The first kappa shape index (κ1) is 24.3. The SMILES string of the molecule is CC(C)OCC1CCC(COCCC(=O)NC2CCC(C(=O)C(C)C)CC2)CC1.[HH]. The molecule has 5 heteroatoms. The molecule has 2 aliphatic rings. The van der Waals surface area contributed by atoms with E-state index >= 15 is 0 Å². The molecule has 0 saturated heterocycles. The minimum Gasteiger partial charge on any atom is -0.381 e. The van der Waals surface area contributed by atoms with E-state index in [0.717, 1.165) is 38.9 Å². The predicted octanol–water partition coefficient (Wildman–Crippen LogP) is 4.77. The van der Waals surface area contributed by atoms with Crippen LogP contribution in [0.2, 0.25) is 0 Å². The van der Waals surface area contributed by atoms with Crippen molar-refractivity contribution in [2.45, 2.75) is 97.6 Å². The summed E-state index contributed by atoms with van der Waals surface area (Å²) in [5.41, 5.74) is 0. The van der Waals surface area contributed by atoms with Crippen LogP contribution in [0.3, 0.4) is 0 Å². The molecular weight excluding hydrogens is 366 g/mol. The minimum absolute atomic E-state index is 0. The van der Waals surface area contributed by atoms with Crippen molar-refractivity contribution in [1.29, 1.82) is 0 Å². The Morgan fingerprint density at radius 1 is 0.897 bits per heavy atom. The van der Waals surface area contributed by atoms with Crippen LogP contribution in [0.1, 0.15) is 86.9 Å². The van der Waals surface area contributed by atoms with Gasteiger partial charge in [0, 0.05) is 38.9 Å².